The van der Waals surface area contributed by atoms with E-state index in [1.54, 1.807) is 11.3 Å². The smallest absolute Gasteiger partial charge is 0.0958 e. The molecule has 2 aromatic rings. The average molecular weight is 313 g/mol. The normalized spacial score (nSPS) is 12.6. The van der Waals surface area contributed by atoms with Crippen molar-refractivity contribution in [2.75, 3.05) is 6.54 Å². The van der Waals surface area contributed by atoms with Gasteiger partial charge in [-0.1, -0.05) is 28.1 Å². The van der Waals surface area contributed by atoms with E-state index in [1.807, 2.05) is 29.6 Å². The molecule has 1 atom stereocenters. The van der Waals surface area contributed by atoms with Gasteiger partial charge in [0.25, 0.3) is 0 Å². The first kappa shape index (κ1) is 12.7. The van der Waals surface area contributed by atoms with Gasteiger partial charge in [0.15, 0.2) is 0 Å². The molecule has 0 aliphatic rings. The maximum absolute atomic E-state index is 9.46. The molecule has 0 fully saturated rings. The van der Waals surface area contributed by atoms with E-state index in [0.29, 0.717) is 6.42 Å². The summed E-state index contributed by atoms with van der Waals surface area (Å²) in [4.78, 5) is 4.49. The molecule has 0 bridgehead atoms. The van der Waals surface area contributed by atoms with E-state index in [-0.39, 0.29) is 6.54 Å². The van der Waals surface area contributed by atoms with Gasteiger partial charge in [-0.25, -0.2) is 4.98 Å². The Balaban J connectivity index is 2.15. The van der Waals surface area contributed by atoms with Crippen molar-refractivity contribution in [3.63, 3.8) is 0 Å². The second-order valence-corrected chi connectivity index (χ2v) is 5.59. The summed E-state index contributed by atoms with van der Waals surface area (Å²) in [5.41, 5.74) is 7.40. The molecule has 1 aromatic carbocycles. The van der Waals surface area contributed by atoms with Gasteiger partial charge >= 0.3 is 0 Å². The number of aromatic nitrogens is 1. The minimum Gasteiger partial charge on any atom is -0.391 e. The highest BCUT2D eigenvalue weighted by Gasteiger charge is 2.08. The highest BCUT2D eigenvalue weighted by atomic mass is 79.9. The van der Waals surface area contributed by atoms with Gasteiger partial charge < -0.3 is 10.8 Å². The molecule has 0 saturated heterocycles. The fourth-order valence-corrected chi connectivity index (χ4v) is 2.58. The number of benzene rings is 1. The number of nitrogens with two attached hydrogens (primary N) is 1. The lowest BCUT2D eigenvalue weighted by atomic mass is 10.2. The Morgan fingerprint density at radius 1 is 1.35 bits per heavy atom. The maximum Gasteiger partial charge on any atom is 0.0958 e. The zero-order valence-electron chi connectivity index (χ0n) is 9.14. The van der Waals surface area contributed by atoms with E-state index >= 15 is 0 Å². The highest BCUT2D eigenvalue weighted by molar-refractivity contribution is 9.10. The molecule has 0 aliphatic heterocycles. The fourth-order valence-electron chi connectivity index (χ4n) is 1.44. The van der Waals surface area contributed by atoms with Crippen molar-refractivity contribution >= 4 is 27.3 Å². The van der Waals surface area contributed by atoms with Crippen LogP contribution in [0.25, 0.3) is 11.3 Å². The molecule has 5 heteroatoms. The molecule has 1 heterocycles. The van der Waals surface area contributed by atoms with E-state index in [9.17, 15) is 5.11 Å². The molecule has 0 saturated carbocycles. The van der Waals surface area contributed by atoms with Crippen molar-refractivity contribution < 1.29 is 5.11 Å². The molecule has 17 heavy (non-hydrogen) atoms. The number of nitrogens with zero attached hydrogens (tertiary/aromatic N) is 1. The predicted octanol–water partition coefficient (Wildman–Crippen LogP) is 2.43. The van der Waals surface area contributed by atoms with E-state index in [0.717, 1.165) is 20.7 Å². The molecule has 1 aromatic heterocycles. The van der Waals surface area contributed by atoms with Crippen LogP contribution in [0.4, 0.5) is 0 Å². The summed E-state index contributed by atoms with van der Waals surface area (Å²) in [5, 5.41) is 12.4. The van der Waals surface area contributed by atoms with Gasteiger partial charge in [-0.3, -0.25) is 0 Å². The van der Waals surface area contributed by atoms with Crippen LogP contribution in [0.5, 0.6) is 0 Å². The van der Waals surface area contributed by atoms with Gasteiger partial charge in [0.2, 0.25) is 0 Å². The molecule has 0 amide bonds. The molecule has 1 unspecified atom stereocenters. The topological polar surface area (TPSA) is 59.1 Å². The Hall–Kier alpha value is -0.750. The number of halogens is 1. The number of aliphatic hydroxyl groups is 1. The van der Waals surface area contributed by atoms with Gasteiger partial charge in [-0.2, -0.15) is 0 Å². The predicted molar refractivity (Wildman–Crippen MR) is 74.0 cm³/mol. The number of rotatable bonds is 4. The molecule has 0 radical (unpaired) electrons. The standard InChI is InChI=1S/C12H13BrN2OS/c13-9-3-1-8(2-4-9)11-7-17-12(15-11)5-10(16)6-14/h1-4,7,10,16H,5-6,14H2. The van der Waals surface area contributed by atoms with Gasteiger partial charge in [0, 0.05) is 28.4 Å². The quantitative estimate of drug-likeness (QED) is 0.911. The number of hydrogen-bond donors (Lipinski definition) is 2. The Labute approximate surface area is 112 Å². The summed E-state index contributed by atoms with van der Waals surface area (Å²) < 4.78 is 1.05. The van der Waals surface area contributed by atoms with Crippen LogP contribution in [0, 0.1) is 0 Å². The third-order valence-corrected chi connectivity index (χ3v) is 3.77. The molecule has 2 rings (SSSR count). The highest BCUT2D eigenvalue weighted by Crippen LogP contribution is 2.24. The van der Waals surface area contributed by atoms with Crippen molar-refractivity contribution in [3.05, 3.63) is 39.1 Å². The van der Waals surface area contributed by atoms with E-state index in [2.05, 4.69) is 20.9 Å². The molecule has 0 spiro atoms. The van der Waals surface area contributed by atoms with Gasteiger partial charge in [-0.15, -0.1) is 11.3 Å². The summed E-state index contributed by atoms with van der Waals surface area (Å²) in [6, 6.07) is 8.01. The van der Waals surface area contributed by atoms with E-state index in [1.165, 1.54) is 0 Å². The van der Waals surface area contributed by atoms with E-state index < -0.39 is 6.10 Å². The number of aliphatic hydroxyl groups excluding tert-OH is 1. The van der Waals surface area contributed by atoms with Crippen molar-refractivity contribution in [3.8, 4) is 11.3 Å². The van der Waals surface area contributed by atoms with Gasteiger partial charge in [0.05, 0.1) is 16.8 Å². The van der Waals surface area contributed by atoms with Crippen molar-refractivity contribution in [2.24, 2.45) is 5.73 Å². The summed E-state index contributed by atoms with van der Waals surface area (Å²) in [6.45, 7) is 0.271. The van der Waals surface area contributed by atoms with Crippen molar-refractivity contribution in [1.82, 2.24) is 4.98 Å². The van der Waals surface area contributed by atoms with Crippen LogP contribution in [0.15, 0.2) is 34.1 Å². The Morgan fingerprint density at radius 3 is 2.71 bits per heavy atom. The minimum atomic E-state index is -0.501. The van der Waals surface area contributed by atoms with Crippen LogP contribution in [-0.4, -0.2) is 22.7 Å². The maximum atomic E-state index is 9.46. The van der Waals surface area contributed by atoms with Crippen LogP contribution in [0.1, 0.15) is 5.01 Å². The third kappa shape index (κ3) is 3.35. The molecule has 3 nitrogen and oxygen atoms in total. The first-order chi connectivity index (χ1) is 8.19. The lowest BCUT2D eigenvalue weighted by molar-refractivity contribution is 0.183. The zero-order valence-corrected chi connectivity index (χ0v) is 11.5. The largest absolute Gasteiger partial charge is 0.391 e. The fraction of sp³-hybridized carbons (Fsp3) is 0.250. The van der Waals surface area contributed by atoms with Crippen LogP contribution in [-0.2, 0) is 6.42 Å². The second-order valence-electron chi connectivity index (χ2n) is 3.73. The van der Waals surface area contributed by atoms with Crippen LogP contribution < -0.4 is 5.73 Å². The SMILES string of the molecule is NCC(O)Cc1nc(-c2ccc(Br)cc2)cs1. The Bertz CT molecular complexity index is 484. The molecular formula is C12H13BrN2OS. The third-order valence-electron chi connectivity index (χ3n) is 2.37. The molecular weight excluding hydrogens is 300 g/mol. The number of hydrogen-bond acceptors (Lipinski definition) is 4. The first-order valence-electron chi connectivity index (χ1n) is 5.27. The van der Waals surface area contributed by atoms with Crippen molar-refractivity contribution in [1.29, 1.82) is 0 Å². The van der Waals surface area contributed by atoms with Crippen LogP contribution in [0.3, 0.4) is 0 Å². The second kappa shape index (κ2) is 5.73. The Kier molecular flexibility index (Phi) is 4.28. The zero-order chi connectivity index (χ0) is 12.3. The van der Waals surface area contributed by atoms with Crippen LogP contribution >= 0.6 is 27.3 Å². The van der Waals surface area contributed by atoms with Gasteiger partial charge in [0.1, 0.15) is 0 Å². The monoisotopic (exact) mass is 312 g/mol. The van der Waals surface area contributed by atoms with Crippen LogP contribution in [0.2, 0.25) is 0 Å². The minimum absolute atomic E-state index is 0.271. The summed E-state index contributed by atoms with van der Waals surface area (Å²) in [5.74, 6) is 0. The number of thiazole rings is 1. The van der Waals surface area contributed by atoms with E-state index in [4.69, 9.17) is 5.73 Å². The molecule has 3 N–H and O–H groups in total. The van der Waals surface area contributed by atoms with Crippen molar-refractivity contribution in [2.45, 2.75) is 12.5 Å². The first-order valence-corrected chi connectivity index (χ1v) is 6.95. The Morgan fingerprint density at radius 2 is 2.06 bits per heavy atom. The van der Waals surface area contributed by atoms with Gasteiger partial charge in [-0.05, 0) is 12.1 Å². The molecule has 90 valence electrons. The summed E-state index contributed by atoms with van der Waals surface area (Å²) in [6.07, 6.45) is 0.0245. The average Bonchev–Trinajstić information content (AvgIpc) is 2.78. The molecule has 0 aliphatic carbocycles. The summed E-state index contributed by atoms with van der Waals surface area (Å²) in [7, 11) is 0. The lowest BCUT2D eigenvalue weighted by Gasteiger charge is -2.03. The summed E-state index contributed by atoms with van der Waals surface area (Å²) >= 11 is 4.95. The lowest BCUT2D eigenvalue weighted by Crippen LogP contribution is -2.21.